The fourth-order valence-corrected chi connectivity index (χ4v) is 6.39. The fourth-order valence-electron chi connectivity index (χ4n) is 6.39. The first-order valence-electron chi connectivity index (χ1n) is 11.6. The standard InChI is InChI=1S/C27H26N2O4/c1-33-22-10-6-5-9-20(22)28-25(30)21(13-15-7-3-2-4-8-15)29-26(31)23-16-11-12-17(19-14-18(16)19)24(23)27(29)32/h2-12,16-19,21,23-24H,13-14H2,1H3,(H,28,30)/t16-,17-,18-,19-,21+,23-,24+/m1/s1. The first-order chi connectivity index (χ1) is 16.1. The number of anilines is 1. The van der Waals surface area contributed by atoms with Crippen LogP contribution in [0.25, 0.3) is 0 Å². The highest BCUT2D eigenvalue weighted by atomic mass is 16.5. The van der Waals surface area contributed by atoms with Crippen LogP contribution in [0.4, 0.5) is 5.69 Å². The van der Waals surface area contributed by atoms with Crippen LogP contribution in [0.1, 0.15) is 12.0 Å². The van der Waals surface area contributed by atoms with Gasteiger partial charge in [0.25, 0.3) is 0 Å². The number of nitrogens with zero attached hydrogens (tertiary/aromatic N) is 1. The second-order valence-corrected chi connectivity index (χ2v) is 9.60. The Morgan fingerprint density at radius 2 is 1.58 bits per heavy atom. The third-order valence-electron chi connectivity index (χ3n) is 7.95. The minimum absolute atomic E-state index is 0.126. The average Bonchev–Trinajstić information content (AvgIpc) is 3.62. The third-order valence-corrected chi connectivity index (χ3v) is 7.95. The van der Waals surface area contributed by atoms with Crippen molar-refractivity contribution in [3.05, 3.63) is 72.3 Å². The zero-order valence-electron chi connectivity index (χ0n) is 18.4. The van der Waals surface area contributed by atoms with Crippen molar-refractivity contribution in [2.24, 2.45) is 35.5 Å². The summed E-state index contributed by atoms with van der Waals surface area (Å²) in [6, 6.07) is 15.8. The van der Waals surface area contributed by atoms with Gasteiger partial charge < -0.3 is 10.1 Å². The molecule has 1 N–H and O–H groups in total. The Kier molecular flexibility index (Phi) is 4.64. The quantitative estimate of drug-likeness (QED) is 0.550. The predicted octanol–water partition coefficient (Wildman–Crippen LogP) is 3.30. The van der Waals surface area contributed by atoms with E-state index in [0.29, 0.717) is 23.3 Å². The molecule has 168 valence electrons. The van der Waals surface area contributed by atoms with E-state index in [1.807, 2.05) is 36.4 Å². The second-order valence-electron chi connectivity index (χ2n) is 9.60. The van der Waals surface area contributed by atoms with Gasteiger partial charge in [-0.15, -0.1) is 0 Å². The van der Waals surface area contributed by atoms with Crippen molar-refractivity contribution in [2.75, 3.05) is 12.4 Å². The van der Waals surface area contributed by atoms with Crippen LogP contribution < -0.4 is 10.1 Å². The number of imide groups is 1. The maximum absolute atomic E-state index is 13.7. The number of allylic oxidation sites excluding steroid dienone is 2. The van der Waals surface area contributed by atoms with Gasteiger partial charge in [0.2, 0.25) is 17.7 Å². The number of amides is 3. The van der Waals surface area contributed by atoms with E-state index in [1.54, 1.807) is 25.3 Å². The topological polar surface area (TPSA) is 75.7 Å². The van der Waals surface area contributed by atoms with E-state index in [2.05, 4.69) is 17.5 Å². The van der Waals surface area contributed by atoms with E-state index in [9.17, 15) is 14.4 Å². The van der Waals surface area contributed by atoms with Crippen LogP contribution in [0.5, 0.6) is 5.75 Å². The summed E-state index contributed by atoms with van der Waals surface area (Å²) < 4.78 is 5.37. The number of carbonyl (C=O) groups is 3. The zero-order chi connectivity index (χ0) is 22.7. The van der Waals surface area contributed by atoms with Crippen LogP contribution in [0.3, 0.4) is 0 Å². The van der Waals surface area contributed by atoms with Crippen LogP contribution in [-0.2, 0) is 20.8 Å². The van der Waals surface area contributed by atoms with E-state index < -0.39 is 6.04 Å². The maximum atomic E-state index is 13.7. The van der Waals surface area contributed by atoms with Gasteiger partial charge in [-0.1, -0.05) is 54.6 Å². The number of ether oxygens (including phenoxy) is 1. The summed E-state index contributed by atoms with van der Waals surface area (Å²) in [4.78, 5) is 42.2. The molecule has 6 nitrogen and oxygen atoms in total. The summed E-state index contributed by atoms with van der Waals surface area (Å²) >= 11 is 0. The summed E-state index contributed by atoms with van der Waals surface area (Å²) in [5.74, 6) is 0.412. The molecule has 2 bridgehead atoms. The van der Waals surface area contributed by atoms with Crippen molar-refractivity contribution in [2.45, 2.75) is 18.9 Å². The zero-order valence-corrected chi connectivity index (χ0v) is 18.4. The predicted molar refractivity (Wildman–Crippen MR) is 122 cm³/mol. The van der Waals surface area contributed by atoms with Crippen LogP contribution in [0, 0.1) is 35.5 Å². The Labute approximate surface area is 192 Å². The average molecular weight is 443 g/mol. The van der Waals surface area contributed by atoms with Gasteiger partial charge in [-0.3, -0.25) is 19.3 Å². The molecule has 33 heavy (non-hydrogen) atoms. The molecule has 1 heterocycles. The van der Waals surface area contributed by atoms with E-state index in [1.165, 1.54) is 4.90 Å². The molecule has 0 radical (unpaired) electrons. The number of rotatable bonds is 6. The van der Waals surface area contributed by atoms with Crippen molar-refractivity contribution in [1.29, 1.82) is 0 Å². The first kappa shape index (κ1) is 20.2. The molecule has 3 fully saturated rings. The second kappa shape index (κ2) is 7.58. The molecule has 6 heteroatoms. The van der Waals surface area contributed by atoms with Gasteiger partial charge in [0.1, 0.15) is 11.8 Å². The van der Waals surface area contributed by atoms with Crippen molar-refractivity contribution < 1.29 is 19.1 Å². The number of carbonyl (C=O) groups excluding carboxylic acids is 3. The Balaban J connectivity index is 1.34. The molecule has 1 saturated heterocycles. The van der Waals surface area contributed by atoms with E-state index in [-0.39, 0.29) is 47.8 Å². The number of likely N-dealkylation sites (tertiary alicyclic amines) is 1. The largest absolute Gasteiger partial charge is 0.495 e. The lowest BCUT2D eigenvalue weighted by Gasteiger charge is -2.37. The fraction of sp³-hybridized carbons (Fsp3) is 0.370. The molecular weight excluding hydrogens is 416 g/mol. The van der Waals surface area contributed by atoms with Gasteiger partial charge in [-0.25, -0.2) is 0 Å². The number of benzene rings is 2. The normalized spacial score (nSPS) is 31.7. The van der Waals surface area contributed by atoms with Crippen molar-refractivity contribution >= 4 is 23.4 Å². The number of methoxy groups -OCH3 is 1. The SMILES string of the molecule is COc1ccccc1NC(=O)[C@H](Cc1ccccc1)N1C(=O)[C@@H]2[C@@H]3C=C[C@H]([C@H]4C[C@H]34)[C@@H]2C1=O. The van der Waals surface area contributed by atoms with Crippen molar-refractivity contribution in [3.8, 4) is 5.75 Å². The van der Waals surface area contributed by atoms with E-state index in [4.69, 9.17) is 4.74 Å². The molecule has 0 spiro atoms. The van der Waals surface area contributed by atoms with Gasteiger partial charge in [-0.2, -0.15) is 0 Å². The molecule has 2 saturated carbocycles. The molecule has 3 amide bonds. The van der Waals surface area contributed by atoms with Gasteiger partial charge >= 0.3 is 0 Å². The van der Waals surface area contributed by atoms with Crippen LogP contribution in [-0.4, -0.2) is 35.8 Å². The summed E-state index contributed by atoms with van der Waals surface area (Å²) in [6.07, 6.45) is 5.68. The van der Waals surface area contributed by atoms with Crippen molar-refractivity contribution in [3.63, 3.8) is 0 Å². The Hall–Kier alpha value is -3.41. The van der Waals surface area contributed by atoms with Gasteiger partial charge in [0.05, 0.1) is 24.6 Å². The molecule has 4 aliphatic carbocycles. The number of hydrogen-bond acceptors (Lipinski definition) is 4. The van der Waals surface area contributed by atoms with Gasteiger partial charge in [0, 0.05) is 6.42 Å². The number of hydrogen-bond donors (Lipinski definition) is 1. The summed E-state index contributed by atoms with van der Waals surface area (Å²) in [7, 11) is 1.54. The lowest BCUT2D eigenvalue weighted by Crippen LogP contribution is -2.49. The number of nitrogens with one attached hydrogen (secondary N) is 1. The monoisotopic (exact) mass is 442 g/mol. The van der Waals surface area contributed by atoms with E-state index >= 15 is 0 Å². The third kappa shape index (κ3) is 3.11. The van der Waals surface area contributed by atoms with Crippen LogP contribution in [0.15, 0.2) is 66.7 Å². The molecular formula is C27H26N2O4. The molecule has 0 aromatic heterocycles. The lowest BCUT2D eigenvalue weighted by molar-refractivity contribution is -0.146. The highest BCUT2D eigenvalue weighted by Crippen LogP contribution is 2.65. The van der Waals surface area contributed by atoms with Crippen LogP contribution in [0.2, 0.25) is 0 Å². The molecule has 2 aromatic rings. The Morgan fingerprint density at radius 3 is 2.21 bits per heavy atom. The number of para-hydroxylation sites is 2. The molecule has 7 rings (SSSR count). The molecule has 2 aromatic carbocycles. The Morgan fingerprint density at radius 1 is 0.970 bits per heavy atom. The summed E-state index contributed by atoms with van der Waals surface area (Å²) in [5.41, 5.74) is 1.42. The minimum Gasteiger partial charge on any atom is -0.495 e. The summed E-state index contributed by atoms with van der Waals surface area (Å²) in [6.45, 7) is 0. The minimum atomic E-state index is -0.918. The molecule has 1 aliphatic heterocycles. The highest BCUT2D eigenvalue weighted by Gasteiger charge is 2.67. The maximum Gasteiger partial charge on any atom is 0.248 e. The molecule has 5 aliphatic rings. The highest BCUT2D eigenvalue weighted by molar-refractivity contribution is 6.11. The van der Waals surface area contributed by atoms with Gasteiger partial charge in [-0.05, 0) is 47.8 Å². The lowest BCUT2D eigenvalue weighted by atomic mass is 9.63. The smallest absolute Gasteiger partial charge is 0.248 e. The van der Waals surface area contributed by atoms with Crippen LogP contribution >= 0.6 is 0 Å². The summed E-state index contributed by atoms with van der Waals surface area (Å²) in [5, 5.41) is 2.91. The molecule has 7 atom stereocenters. The van der Waals surface area contributed by atoms with E-state index in [0.717, 1.165) is 12.0 Å². The first-order valence-corrected chi connectivity index (χ1v) is 11.6. The van der Waals surface area contributed by atoms with Crippen molar-refractivity contribution in [1.82, 2.24) is 4.90 Å². The van der Waals surface area contributed by atoms with Gasteiger partial charge in [0.15, 0.2) is 0 Å². The Bertz CT molecular complexity index is 1120. The molecule has 0 unspecified atom stereocenters.